The normalized spacial score (nSPS) is 16.2. The van der Waals surface area contributed by atoms with Crippen molar-refractivity contribution >= 4 is 22.2 Å². The molecule has 184 valence electrons. The molecular weight excluding hydrogens is 424 g/mol. The molecule has 0 atom stereocenters. The molecule has 8 nitrogen and oxygen atoms in total. The van der Waals surface area contributed by atoms with Gasteiger partial charge in [-0.1, -0.05) is 18.7 Å². The summed E-state index contributed by atoms with van der Waals surface area (Å²) in [6.07, 6.45) is 7.72. The number of benzene rings is 1. The lowest BCUT2D eigenvalue weighted by Gasteiger charge is -2.37. The summed E-state index contributed by atoms with van der Waals surface area (Å²) in [4.78, 5) is 7.00. The SMILES string of the molecule is C=C(Nc1cc2cc(/C(C)=C/N(C)NC)ccc2cn1)/C(N)=C/N(N)C1CCN(C(C)C)CC1. The van der Waals surface area contributed by atoms with E-state index < -0.39 is 0 Å². The van der Waals surface area contributed by atoms with E-state index in [9.17, 15) is 0 Å². The van der Waals surface area contributed by atoms with E-state index in [-0.39, 0.29) is 6.04 Å². The number of likely N-dealkylation sites (tertiary alicyclic amines) is 1. The van der Waals surface area contributed by atoms with Crippen LogP contribution in [0.4, 0.5) is 5.82 Å². The molecule has 1 aliphatic heterocycles. The Morgan fingerprint density at radius 1 is 1.21 bits per heavy atom. The molecule has 0 aliphatic carbocycles. The average molecular weight is 465 g/mol. The van der Waals surface area contributed by atoms with Crippen molar-refractivity contribution in [1.82, 2.24) is 25.3 Å². The maximum Gasteiger partial charge on any atom is 0.130 e. The van der Waals surface area contributed by atoms with Crippen LogP contribution in [0.2, 0.25) is 0 Å². The maximum atomic E-state index is 6.33. The minimum absolute atomic E-state index is 0.275. The molecule has 1 aromatic carbocycles. The van der Waals surface area contributed by atoms with Crippen molar-refractivity contribution in [3.8, 4) is 0 Å². The molecule has 2 aromatic rings. The number of pyridine rings is 1. The van der Waals surface area contributed by atoms with Crippen LogP contribution in [0.15, 0.2) is 60.8 Å². The zero-order chi connectivity index (χ0) is 24.8. The predicted molar refractivity (Wildman–Crippen MR) is 143 cm³/mol. The lowest BCUT2D eigenvalue weighted by Crippen LogP contribution is -2.47. The van der Waals surface area contributed by atoms with Crippen LogP contribution in [0.3, 0.4) is 0 Å². The zero-order valence-electron chi connectivity index (χ0n) is 21.2. The van der Waals surface area contributed by atoms with Crippen LogP contribution < -0.4 is 22.3 Å². The summed E-state index contributed by atoms with van der Waals surface area (Å²) >= 11 is 0. The van der Waals surface area contributed by atoms with Crippen molar-refractivity contribution in [3.05, 3.63) is 66.4 Å². The molecule has 34 heavy (non-hydrogen) atoms. The lowest BCUT2D eigenvalue weighted by atomic mass is 10.0. The third kappa shape index (κ3) is 6.50. The van der Waals surface area contributed by atoms with E-state index in [0.29, 0.717) is 23.3 Å². The molecule has 1 aliphatic rings. The van der Waals surface area contributed by atoms with Crippen LogP contribution in [0.1, 0.15) is 39.2 Å². The van der Waals surface area contributed by atoms with Crippen LogP contribution in [-0.2, 0) is 0 Å². The third-order valence-electron chi connectivity index (χ3n) is 6.48. The van der Waals surface area contributed by atoms with Crippen LogP contribution in [0.5, 0.6) is 0 Å². The van der Waals surface area contributed by atoms with Gasteiger partial charge in [-0.15, -0.1) is 0 Å². The van der Waals surface area contributed by atoms with Gasteiger partial charge in [0.15, 0.2) is 0 Å². The van der Waals surface area contributed by atoms with Crippen molar-refractivity contribution in [1.29, 1.82) is 0 Å². The predicted octanol–water partition coefficient (Wildman–Crippen LogP) is 3.44. The fourth-order valence-corrected chi connectivity index (χ4v) is 4.16. The van der Waals surface area contributed by atoms with Crippen molar-refractivity contribution in [2.45, 2.75) is 45.7 Å². The highest BCUT2D eigenvalue weighted by atomic mass is 15.5. The Morgan fingerprint density at radius 2 is 1.91 bits per heavy atom. The van der Waals surface area contributed by atoms with Gasteiger partial charge in [0.05, 0.1) is 11.4 Å². The summed E-state index contributed by atoms with van der Waals surface area (Å²) in [5.74, 6) is 7.02. The number of rotatable bonds is 9. The molecule has 0 unspecified atom stereocenters. The Kier molecular flexibility index (Phi) is 8.55. The second kappa shape index (κ2) is 11.4. The van der Waals surface area contributed by atoms with E-state index >= 15 is 0 Å². The molecule has 0 amide bonds. The highest BCUT2D eigenvalue weighted by Gasteiger charge is 2.23. The van der Waals surface area contributed by atoms with Crippen molar-refractivity contribution in [3.63, 3.8) is 0 Å². The van der Waals surface area contributed by atoms with Gasteiger partial charge in [0, 0.05) is 63.3 Å². The number of nitrogens with zero attached hydrogens (tertiary/aromatic N) is 4. The standard InChI is InChI=1S/C26H40N8/c1-18(2)33-11-9-24(10-12-33)34(28)17-25(27)20(4)31-26-14-23-13-21(7-8-22(23)15-30-26)19(3)16-32(6)29-5/h7-8,13-18,24,29H,4,9-12,27-28H2,1-3,5-6H3,(H,30,31)/b19-16+,25-17-. The van der Waals surface area contributed by atoms with Crippen LogP contribution in [0, 0.1) is 0 Å². The van der Waals surface area contributed by atoms with Crippen LogP contribution in [0.25, 0.3) is 16.3 Å². The number of nitrogens with one attached hydrogen (secondary N) is 2. The first-order valence-corrected chi connectivity index (χ1v) is 11.9. The molecule has 0 bridgehead atoms. The zero-order valence-corrected chi connectivity index (χ0v) is 21.2. The first kappa shape index (κ1) is 25.6. The number of hydrazine groups is 2. The summed E-state index contributed by atoms with van der Waals surface area (Å²) in [6, 6.07) is 9.19. The molecule has 1 fully saturated rings. The van der Waals surface area contributed by atoms with Gasteiger partial charge in [0.2, 0.25) is 0 Å². The number of anilines is 1. The van der Waals surface area contributed by atoms with Crippen LogP contribution >= 0.6 is 0 Å². The molecule has 0 spiro atoms. The minimum atomic E-state index is 0.275. The maximum absolute atomic E-state index is 6.33. The van der Waals surface area contributed by atoms with Gasteiger partial charge in [0.25, 0.3) is 0 Å². The summed E-state index contributed by atoms with van der Waals surface area (Å²) in [7, 11) is 3.86. The minimum Gasteiger partial charge on any atom is -0.396 e. The van der Waals surface area contributed by atoms with Gasteiger partial charge < -0.3 is 26.0 Å². The van der Waals surface area contributed by atoms with Gasteiger partial charge in [-0.3, -0.25) is 0 Å². The second-order valence-electron chi connectivity index (χ2n) is 9.27. The van der Waals surface area contributed by atoms with E-state index in [1.807, 2.05) is 31.4 Å². The van der Waals surface area contributed by atoms with Gasteiger partial charge >= 0.3 is 0 Å². The molecule has 2 heterocycles. The topological polar surface area (TPSA) is 98.7 Å². The molecule has 8 heteroatoms. The van der Waals surface area contributed by atoms with Crippen molar-refractivity contribution < 1.29 is 0 Å². The number of nitrogens with two attached hydrogens (primary N) is 2. The molecular formula is C26H40N8. The summed E-state index contributed by atoms with van der Waals surface area (Å²) in [5.41, 5.74) is 12.8. The molecule has 3 rings (SSSR count). The van der Waals surface area contributed by atoms with Gasteiger partial charge in [-0.05, 0) is 62.3 Å². The first-order chi connectivity index (χ1) is 16.2. The van der Waals surface area contributed by atoms with E-state index in [1.165, 1.54) is 0 Å². The van der Waals surface area contributed by atoms with E-state index in [1.54, 1.807) is 11.2 Å². The van der Waals surface area contributed by atoms with E-state index in [2.05, 4.69) is 72.4 Å². The largest absolute Gasteiger partial charge is 0.396 e. The Labute approximate surface area is 203 Å². The highest BCUT2D eigenvalue weighted by molar-refractivity contribution is 5.87. The van der Waals surface area contributed by atoms with Crippen molar-refractivity contribution in [2.24, 2.45) is 11.6 Å². The molecule has 0 saturated carbocycles. The number of aromatic nitrogens is 1. The number of hydrogen-bond donors (Lipinski definition) is 4. The fraction of sp³-hybridized carbons (Fsp3) is 0.423. The van der Waals surface area contributed by atoms with Gasteiger partial charge in [-0.25, -0.2) is 16.3 Å². The summed E-state index contributed by atoms with van der Waals surface area (Å²) in [6.45, 7) is 12.7. The smallest absolute Gasteiger partial charge is 0.130 e. The quantitative estimate of drug-likeness (QED) is 0.255. The van der Waals surface area contributed by atoms with E-state index in [4.69, 9.17) is 11.6 Å². The fourth-order valence-electron chi connectivity index (χ4n) is 4.16. The average Bonchev–Trinajstić information content (AvgIpc) is 2.83. The number of allylic oxidation sites excluding steroid dienone is 1. The Bertz CT molecular complexity index is 1050. The number of hydrogen-bond acceptors (Lipinski definition) is 8. The molecule has 6 N–H and O–H groups in total. The monoisotopic (exact) mass is 464 g/mol. The molecule has 1 aromatic heterocycles. The van der Waals surface area contributed by atoms with Crippen molar-refractivity contribution in [2.75, 3.05) is 32.5 Å². The Hall–Kier alpha value is -3.07. The highest BCUT2D eigenvalue weighted by Crippen LogP contribution is 2.24. The summed E-state index contributed by atoms with van der Waals surface area (Å²) in [5, 5.41) is 9.04. The first-order valence-electron chi connectivity index (χ1n) is 11.9. The lowest BCUT2D eigenvalue weighted by molar-refractivity contribution is 0.118. The molecule has 1 saturated heterocycles. The van der Waals surface area contributed by atoms with Gasteiger partial charge in [0.1, 0.15) is 5.82 Å². The molecule has 0 radical (unpaired) electrons. The Balaban J connectivity index is 1.68. The van der Waals surface area contributed by atoms with Crippen LogP contribution in [-0.4, -0.2) is 59.2 Å². The summed E-state index contributed by atoms with van der Waals surface area (Å²) < 4.78 is 0. The second-order valence-corrected chi connectivity index (χ2v) is 9.27. The van der Waals surface area contributed by atoms with Gasteiger partial charge in [-0.2, -0.15) is 0 Å². The van der Waals surface area contributed by atoms with E-state index in [0.717, 1.165) is 47.8 Å². The number of piperidine rings is 1. The Morgan fingerprint density at radius 3 is 2.56 bits per heavy atom. The third-order valence-corrected chi connectivity index (χ3v) is 6.48. The number of fused-ring (bicyclic) bond motifs is 1.